The van der Waals surface area contributed by atoms with E-state index in [9.17, 15) is 8.42 Å². The Balaban J connectivity index is 2.46. The predicted octanol–water partition coefficient (Wildman–Crippen LogP) is 1.38. The van der Waals surface area contributed by atoms with E-state index in [1.165, 1.54) is 12.3 Å². The van der Waals surface area contributed by atoms with Crippen LogP contribution >= 0.6 is 0 Å². The van der Waals surface area contributed by atoms with E-state index in [1.54, 1.807) is 26.0 Å². The molecule has 1 heterocycles. The first-order chi connectivity index (χ1) is 8.94. The molecule has 0 unspecified atom stereocenters. The number of rotatable bonds is 4. The van der Waals surface area contributed by atoms with E-state index in [4.69, 9.17) is 5.84 Å². The number of nitrogen functional groups attached to an aromatic ring is 1. The minimum atomic E-state index is -3.71. The van der Waals surface area contributed by atoms with Crippen molar-refractivity contribution in [2.24, 2.45) is 5.84 Å². The van der Waals surface area contributed by atoms with Gasteiger partial charge in [0.15, 0.2) is 5.82 Å². The summed E-state index contributed by atoms with van der Waals surface area (Å²) in [6.07, 6.45) is 1.29. The molecule has 0 aliphatic carbocycles. The van der Waals surface area contributed by atoms with Crippen LogP contribution in [0.3, 0.4) is 0 Å². The maximum absolute atomic E-state index is 12.3. The molecule has 102 valence electrons. The third-order valence-corrected chi connectivity index (χ3v) is 4.23. The first kappa shape index (κ1) is 13.4. The van der Waals surface area contributed by atoms with Crippen LogP contribution in [0.4, 0.5) is 11.5 Å². The largest absolute Gasteiger partial charge is 0.363 e. The van der Waals surface area contributed by atoms with E-state index in [0.717, 1.165) is 0 Å². The number of nitrogens with one attached hydrogen (secondary N) is 2. The average Bonchev–Trinajstić information content (AvgIpc) is 2.79. The third kappa shape index (κ3) is 2.69. The van der Waals surface area contributed by atoms with E-state index < -0.39 is 10.0 Å². The highest BCUT2D eigenvalue weighted by molar-refractivity contribution is 7.92. The Labute approximate surface area is 110 Å². The van der Waals surface area contributed by atoms with Crippen LogP contribution in [0.5, 0.6) is 0 Å². The molecule has 8 heteroatoms. The van der Waals surface area contributed by atoms with Gasteiger partial charge in [0.25, 0.3) is 10.0 Å². The quantitative estimate of drug-likeness (QED) is 0.577. The lowest BCUT2D eigenvalue weighted by atomic mass is 10.1. The standard InChI is InChI=1S/C11H14N4O3S/c1-7-5-9(13-12)6-8(2)11(7)19(16,17)15-10-3-4-18-14-10/h3-6,13H,12H2,1-2H3,(H,14,15). The van der Waals surface area contributed by atoms with Crippen LogP contribution in [-0.4, -0.2) is 13.6 Å². The molecule has 0 atom stereocenters. The first-order valence-corrected chi connectivity index (χ1v) is 6.93. The lowest BCUT2D eigenvalue weighted by Crippen LogP contribution is -2.17. The monoisotopic (exact) mass is 282 g/mol. The molecule has 0 radical (unpaired) electrons. The van der Waals surface area contributed by atoms with Gasteiger partial charge in [-0.15, -0.1) is 0 Å². The summed E-state index contributed by atoms with van der Waals surface area (Å²) < 4.78 is 31.5. The summed E-state index contributed by atoms with van der Waals surface area (Å²) in [6, 6.07) is 4.74. The molecule has 19 heavy (non-hydrogen) atoms. The number of benzene rings is 1. The molecule has 0 bridgehead atoms. The predicted molar refractivity (Wildman–Crippen MR) is 71.0 cm³/mol. The Bertz CT molecular complexity index is 657. The number of hydrogen-bond donors (Lipinski definition) is 3. The zero-order chi connectivity index (χ0) is 14.0. The van der Waals surface area contributed by atoms with Gasteiger partial charge in [-0.1, -0.05) is 5.16 Å². The van der Waals surface area contributed by atoms with E-state index in [-0.39, 0.29) is 10.7 Å². The SMILES string of the molecule is Cc1cc(NN)cc(C)c1S(=O)(=O)Nc1ccon1. The van der Waals surface area contributed by atoms with Crippen LogP contribution in [0.25, 0.3) is 0 Å². The smallest absolute Gasteiger partial charge is 0.263 e. The molecule has 0 saturated heterocycles. The van der Waals surface area contributed by atoms with Crippen LogP contribution in [-0.2, 0) is 10.0 Å². The second-order valence-electron chi connectivity index (χ2n) is 4.07. The number of nitrogens with two attached hydrogens (primary N) is 1. The van der Waals surface area contributed by atoms with Crippen molar-refractivity contribution in [1.82, 2.24) is 5.16 Å². The second kappa shape index (κ2) is 4.90. The molecule has 2 aromatic rings. The molecule has 7 nitrogen and oxygen atoms in total. The molecule has 0 spiro atoms. The topological polar surface area (TPSA) is 110 Å². The van der Waals surface area contributed by atoms with Crippen molar-refractivity contribution in [3.8, 4) is 0 Å². The van der Waals surface area contributed by atoms with Gasteiger partial charge in [0.2, 0.25) is 0 Å². The molecule has 0 aliphatic rings. The van der Waals surface area contributed by atoms with Crippen LogP contribution in [0.2, 0.25) is 0 Å². The van der Waals surface area contributed by atoms with Crippen molar-refractivity contribution in [3.05, 3.63) is 35.6 Å². The van der Waals surface area contributed by atoms with Gasteiger partial charge in [0.1, 0.15) is 6.26 Å². The van der Waals surface area contributed by atoms with Crippen molar-refractivity contribution < 1.29 is 12.9 Å². The highest BCUT2D eigenvalue weighted by atomic mass is 32.2. The van der Waals surface area contributed by atoms with Gasteiger partial charge in [-0.25, -0.2) is 8.42 Å². The number of hydrazine groups is 1. The summed E-state index contributed by atoms with van der Waals surface area (Å²) in [6.45, 7) is 3.40. The lowest BCUT2D eigenvalue weighted by Gasteiger charge is -2.13. The number of aryl methyl sites for hydroxylation is 2. The highest BCUT2D eigenvalue weighted by Crippen LogP contribution is 2.25. The molecule has 0 aliphatic heterocycles. The van der Waals surface area contributed by atoms with Gasteiger partial charge < -0.3 is 9.95 Å². The van der Waals surface area contributed by atoms with Crippen LogP contribution in [0.1, 0.15) is 11.1 Å². The third-order valence-electron chi connectivity index (χ3n) is 2.57. The molecule has 1 aromatic heterocycles. The normalized spacial score (nSPS) is 11.3. The average molecular weight is 282 g/mol. The summed E-state index contributed by atoms with van der Waals surface area (Å²) in [5, 5.41) is 3.52. The Morgan fingerprint density at radius 3 is 2.37 bits per heavy atom. The maximum Gasteiger partial charge on any atom is 0.263 e. The van der Waals surface area contributed by atoms with Crippen molar-refractivity contribution in [1.29, 1.82) is 0 Å². The van der Waals surface area contributed by atoms with Gasteiger partial charge in [-0.2, -0.15) is 0 Å². The summed E-state index contributed by atoms with van der Waals surface area (Å²) in [4.78, 5) is 0.203. The van der Waals surface area contributed by atoms with Crippen LogP contribution in [0, 0.1) is 13.8 Å². The number of nitrogens with zero attached hydrogens (tertiary/aromatic N) is 1. The minimum Gasteiger partial charge on any atom is -0.363 e. The van der Waals surface area contributed by atoms with Crippen molar-refractivity contribution in [3.63, 3.8) is 0 Å². The van der Waals surface area contributed by atoms with Crippen molar-refractivity contribution >= 4 is 21.5 Å². The fourth-order valence-electron chi connectivity index (χ4n) is 1.91. The fourth-order valence-corrected chi connectivity index (χ4v) is 3.36. The maximum atomic E-state index is 12.3. The summed E-state index contributed by atoms with van der Waals surface area (Å²) in [7, 11) is -3.71. The number of anilines is 2. The zero-order valence-electron chi connectivity index (χ0n) is 10.5. The van der Waals surface area contributed by atoms with E-state index in [0.29, 0.717) is 16.8 Å². The summed E-state index contributed by atoms with van der Waals surface area (Å²) in [5.74, 6) is 5.46. The first-order valence-electron chi connectivity index (χ1n) is 5.45. The molecular weight excluding hydrogens is 268 g/mol. The molecule has 0 saturated carbocycles. The Hall–Kier alpha value is -2.06. The van der Waals surface area contributed by atoms with Gasteiger partial charge in [-0.3, -0.25) is 10.6 Å². The molecule has 0 amide bonds. The van der Waals surface area contributed by atoms with Gasteiger partial charge in [0.05, 0.1) is 4.90 Å². The molecular formula is C11H14N4O3S. The lowest BCUT2D eigenvalue weighted by molar-refractivity contribution is 0.423. The Kier molecular flexibility index (Phi) is 3.45. The number of hydrogen-bond acceptors (Lipinski definition) is 6. The van der Waals surface area contributed by atoms with Gasteiger partial charge in [0, 0.05) is 11.8 Å². The Morgan fingerprint density at radius 2 is 1.89 bits per heavy atom. The number of sulfonamides is 1. The van der Waals surface area contributed by atoms with E-state index in [1.807, 2.05) is 0 Å². The zero-order valence-corrected chi connectivity index (χ0v) is 11.3. The van der Waals surface area contributed by atoms with Gasteiger partial charge >= 0.3 is 0 Å². The number of aromatic nitrogens is 1. The molecule has 2 rings (SSSR count). The van der Waals surface area contributed by atoms with Crippen molar-refractivity contribution in [2.45, 2.75) is 18.7 Å². The van der Waals surface area contributed by atoms with Gasteiger partial charge in [-0.05, 0) is 37.1 Å². The highest BCUT2D eigenvalue weighted by Gasteiger charge is 2.21. The van der Waals surface area contributed by atoms with E-state index >= 15 is 0 Å². The fraction of sp³-hybridized carbons (Fsp3) is 0.182. The molecule has 1 aromatic carbocycles. The summed E-state index contributed by atoms with van der Waals surface area (Å²) >= 11 is 0. The molecule has 4 N–H and O–H groups in total. The molecule has 0 fully saturated rings. The minimum absolute atomic E-state index is 0.139. The van der Waals surface area contributed by atoms with Crippen LogP contribution in [0.15, 0.2) is 33.9 Å². The second-order valence-corrected chi connectivity index (χ2v) is 5.69. The van der Waals surface area contributed by atoms with E-state index in [2.05, 4.69) is 19.8 Å². The van der Waals surface area contributed by atoms with Crippen molar-refractivity contribution in [2.75, 3.05) is 10.1 Å². The Morgan fingerprint density at radius 1 is 1.26 bits per heavy atom. The summed E-state index contributed by atoms with van der Waals surface area (Å²) in [5.41, 5.74) is 4.31. The van der Waals surface area contributed by atoms with Crippen LogP contribution < -0.4 is 16.0 Å².